The first kappa shape index (κ1) is 17.0. The van der Waals surface area contributed by atoms with Crippen LogP contribution in [0.2, 0.25) is 0 Å². The van der Waals surface area contributed by atoms with Crippen LogP contribution in [0.3, 0.4) is 0 Å². The van der Waals surface area contributed by atoms with Crippen LogP contribution in [0.25, 0.3) is 16.8 Å². The molecular weight excluding hydrogens is 324 g/mol. The Kier molecular flexibility index (Phi) is 4.64. The smallest absolute Gasteiger partial charge is 0.165 e. The first-order valence-corrected chi connectivity index (χ1v) is 9.44. The summed E-state index contributed by atoms with van der Waals surface area (Å²) < 4.78 is 7.70. The molecule has 1 saturated heterocycles. The standard InChI is InChI=1S/C21H26N4O/c1-14(2)18-12-19(22-13-17-10-7-11-26-17)25-21(23-18)20(15(3)24-25)16-8-5-4-6-9-16/h4-6,8-9,12,14,17,22H,7,10-11,13H2,1-3H3/t17-/m1/s1. The SMILES string of the molecule is Cc1nn2c(NC[C@H]3CCCO3)cc(C(C)C)nc2c1-c1ccccc1. The van der Waals surface area contributed by atoms with E-state index in [1.165, 1.54) is 0 Å². The van der Waals surface area contributed by atoms with Gasteiger partial charge in [0.15, 0.2) is 5.65 Å². The number of hydrogen-bond donors (Lipinski definition) is 1. The van der Waals surface area contributed by atoms with Gasteiger partial charge in [-0.3, -0.25) is 0 Å². The van der Waals surface area contributed by atoms with E-state index in [2.05, 4.69) is 56.4 Å². The van der Waals surface area contributed by atoms with Crippen molar-refractivity contribution in [3.63, 3.8) is 0 Å². The van der Waals surface area contributed by atoms with Crippen LogP contribution in [0.15, 0.2) is 36.4 Å². The quantitative estimate of drug-likeness (QED) is 0.740. The lowest BCUT2D eigenvalue weighted by Crippen LogP contribution is -2.20. The molecule has 1 aliphatic rings. The van der Waals surface area contributed by atoms with Gasteiger partial charge in [0.05, 0.1) is 11.8 Å². The molecule has 136 valence electrons. The summed E-state index contributed by atoms with van der Waals surface area (Å²) in [6, 6.07) is 12.5. The Labute approximate surface area is 154 Å². The van der Waals surface area contributed by atoms with Crippen LogP contribution in [-0.2, 0) is 4.74 Å². The van der Waals surface area contributed by atoms with E-state index in [4.69, 9.17) is 14.8 Å². The summed E-state index contributed by atoms with van der Waals surface area (Å²) in [5, 5.41) is 8.34. The van der Waals surface area contributed by atoms with E-state index < -0.39 is 0 Å². The summed E-state index contributed by atoms with van der Waals surface area (Å²) in [6.07, 6.45) is 2.55. The molecule has 1 aliphatic heterocycles. The molecule has 0 amide bonds. The Balaban J connectivity index is 1.80. The van der Waals surface area contributed by atoms with Crippen molar-refractivity contribution in [3.05, 3.63) is 47.8 Å². The topological polar surface area (TPSA) is 51.5 Å². The Morgan fingerprint density at radius 1 is 1.27 bits per heavy atom. The van der Waals surface area contributed by atoms with Gasteiger partial charge in [-0.25, -0.2) is 4.98 Å². The minimum absolute atomic E-state index is 0.283. The Hall–Kier alpha value is -2.40. The van der Waals surface area contributed by atoms with Gasteiger partial charge in [0.25, 0.3) is 0 Å². The van der Waals surface area contributed by atoms with Crippen LogP contribution >= 0.6 is 0 Å². The molecule has 0 saturated carbocycles. The van der Waals surface area contributed by atoms with Crippen molar-refractivity contribution in [3.8, 4) is 11.1 Å². The number of rotatable bonds is 5. The van der Waals surface area contributed by atoms with Gasteiger partial charge in [-0.2, -0.15) is 9.61 Å². The van der Waals surface area contributed by atoms with Crippen LogP contribution in [-0.4, -0.2) is 33.9 Å². The minimum atomic E-state index is 0.283. The summed E-state index contributed by atoms with van der Waals surface area (Å²) in [5.74, 6) is 1.33. The van der Waals surface area contributed by atoms with Crippen molar-refractivity contribution >= 4 is 11.5 Å². The van der Waals surface area contributed by atoms with E-state index in [0.29, 0.717) is 5.92 Å². The van der Waals surface area contributed by atoms with E-state index in [-0.39, 0.29) is 6.10 Å². The van der Waals surface area contributed by atoms with Gasteiger partial charge in [-0.15, -0.1) is 0 Å². The van der Waals surface area contributed by atoms with Crippen molar-refractivity contribution in [1.29, 1.82) is 0 Å². The normalized spacial score (nSPS) is 17.3. The highest BCUT2D eigenvalue weighted by Gasteiger charge is 2.19. The van der Waals surface area contributed by atoms with Crippen molar-refractivity contribution in [2.75, 3.05) is 18.5 Å². The summed E-state index contributed by atoms with van der Waals surface area (Å²) in [5.41, 5.74) is 5.23. The van der Waals surface area contributed by atoms with Crippen LogP contribution in [0.1, 0.15) is 44.0 Å². The third-order valence-electron chi connectivity index (χ3n) is 4.97. The fraction of sp³-hybridized carbons (Fsp3) is 0.429. The molecule has 0 bridgehead atoms. The number of nitrogens with zero attached hydrogens (tertiary/aromatic N) is 3. The summed E-state index contributed by atoms with van der Waals surface area (Å²) in [6.45, 7) is 8.07. The van der Waals surface area contributed by atoms with Gasteiger partial charge in [-0.1, -0.05) is 44.2 Å². The number of benzene rings is 1. The average molecular weight is 350 g/mol. The van der Waals surface area contributed by atoms with Crippen molar-refractivity contribution in [2.24, 2.45) is 0 Å². The molecule has 1 aromatic carbocycles. The Bertz CT molecular complexity index is 895. The molecule has 3 aromatic rings. The summed E-state index contributed by atoms with van der Waals surface area (Å²) in [7, 11) is 0. The lowest BCUT2D eigenvalue weighted by molar-refractivity contribution is 0.120. The van der Waals surface area contributed by atoms with Gasteiger partial charge in [0.1, 0.15) is 5.82 Å². The Morgan fingerprint density at radius 2 is 2.08 bits per heavy atom. The predicted molar refractivity (Wildman–Crippen MR) is 105 cm³/mol. The van der Waals surface area contributed by atoms with Crippen molar-refractivity contribution < 1.29 is 4.74 Å². The zero-order valence-electron chi connectivity index (χ0n) is 15.7. The van der Waals surface area contributed by atoms with E-state index in [1.54, 1.807) is 0 Å². The lowest BCUT2D eigenvalue weighted by Gasteiger charge is -2.15. The monoisotopic (exact) mass is 350 g/mol. The van der Waals surface area contributed by atoms with Gasteiger partial charge < -0.3 is 10.1 Å². The largest absolute Gasteiger partial charge is 0.376 e. The zero-order chi connectivity index (χ0) is 18.1. The molecule has 1 fully saturated rings. The number of hydrogen-bond acceptors (Lipinski definition) is 4. The number of aromatic nitrogens is 3. The number of fused-ring (bicyclic) bond motifs is 1. The number of nitrogens with one attached hydrogen (secondary N) is 1. The second-order valence-electron chi connectivity index (χ2n) is 7.30. The zero-order valence-corrected chi connectivity index (χ0v) is 15.7. The molecule has 3 heterocycles. The third-order valence-corrected chi connectivity index (χ3v) is 4.97. The van der Waals surface area contributed by atoms with Crippen LogP contribution < -0.4 is 5.32 Å². The van der Waals surface area contributed by atoms with Crippen LogP contribution in [0.5, 0.6) is 0 Å². The first-order valence-electron chi connectivity index (χ1n) is 9.44. The molecule has 0 spiro atoms. The molecule has 26 heavy (non-hydrogen) atoms. The second-order valence-corrected chi connectivity index (χ2v) is 7.30. The molecule has 0 radical (unpaired) electrons. The van der Waals surface area contributed by atoms with Crippen molar-refractivity contribution in [2.45, 2.75) is 45.6 Å². The highest BCUT2D eigenvalue weighted by atomic mass is 16.5. The summed E-state index contributed by atoms with van der Waals surface area (Å²) >= 11 is 0. The number of ether oxygens (including phenoxy) is 1. The van der Waals surface area contributed by atoms with Crippen molar-refractivity contribution in [1.82, 2.24) is 14.6 Å². The van der Waals surface area contributed by atoms with Crippen LogP contribution in [0, 0.1) is 6.92 Å². The molecule has 1 N–H and O–H groups in total. The number of anilines is 1. The maximum atomic E-state index is 5.75. The maximum absolute atomic E-state index is 5.75. The molecule has 1 atom stereocenters. The minimum Gasteiger partial charge on any atom is -0.376 e. The van der Waals surface area contributed by atoms with Gasteiger partial charge >= 0.3 is 0 Å². The maximum Gasteiger partial charge on any atom is 0.165 e. The predicted octanol–water partition coefficient (Wildman–Crippen LogP) is 4.42. The highest BCUT2D eigenvalue weighted by molar-refractivity contribution is 5.80. The van der Waals surface area contributed by atoms with E-state index in [0.717, 1.165) is 60.0 Å². The number of aryl methyl sites for hydroxylation is 1. The molecule has 5 heteroatoms. The molecule has 4 rings (SSSR count). The molecule has 2 aromatic heterocycles. The van der Waals surface area contributed by atoms with Gasteiger partial charge in [-0.05, 0) is 31.2 Å². The molecule has 0 aliphatic carbocycles. The van der Waals surface area contributed by atoms with Crippen LogP contribution in [0.4, 0.5) is 5.82 Å². The van der Waals surface area contributed by atoms with E-state index >= 15 is 0 Å². The molecular formula is C21H26N4O. The third kappa shape index (κ3) is 3.19. The second kappa shape index (κ2) is 7.08. The van der Waals surface area contributed by atoms with E-state index in [9.17, 15) is 0 Å². The lowest BCUT2D eigenvalue weighted by atomic mass is 10.1. The first-order chi connectivity index (χ1) is 12.6. The fourth-order valence-corrected chi connectivity index (χ4v) is 3.53. The van der Waals surface area contributed by atoms with Gasteiger partial charge in [0, 0.05) is 30.5 Å². The van der Waals surface area contributed by atoms with Gasteiger partial charge in [0.2, 0.25) is 0 Å². The Morgan fingerprint density at radius 3 is 2.77 bits per heavy atom. The molecule has 0 unspecified atom stereocenters. The average Bonchev–Trinajstić information content (AvgIpc) is 3.27. The molecule has 5 nitrogen and oxygen atoms in total. The van der Waals surface area contributed by atoms with E-state index in [1.807, 2.05) is 10.6 Å². The fourth-order valence-electron chi connectivity index (χ4n) is 3.53. The highest BCUT2D eigenvalue weighted by Crippen LogP contribution is 2.30. The summed E-state index contributed by atoms with van der Waals surface area (Å²) in [4.78, 5) is 4.94.